The molecule has 3 rings (SSSR count). The first-order valence-electron chi connectivity index (χ1n) is 6.56. The number of fused-ring (bicyclic) bond motifs is 1. The Hall–Kier alpha value is -2.09. The van der Waals surface area contributed by atoms with Crippen LogP contribution in [0, 0.1) is 0 Å². The fraction of sp³-hybridized carbons (Fsp3) is 0.235. The second-order valence-electron chi connectivity index (χ2n) is 5.52. The van der Waals surface area contributed by atoms with Crippen molar-refractivity contribution in [2.45, 2.75) is 19.3 Å². The van der Waals surface area contributed by atoms with E-state index >= 15 is 0 Å². The summed E-state index contributed by atoms with van der Waals surface area (Å²) in [4.78, 5) is 6.47. The van der Waals surface area contributed by atoms with Crippen LogP contribution in [-0.4, -0.2) is 12.0 Å². The van der Waals surface area contributed by atoms with E-state index in [-0.39, 0.29) is 5.41 Å². The maximum Gasteiger partial charge on any atom is 0.0447 e. The molecule has 2 heterocycles. The zero-order valence-corrected chi connectivity index (χ0v) is 11.6. The van der Waals surface area contributed by atoms with Gasteiger partial charge in [0.1, 0.15) is 0 Å². The van der Waals surface area contributed by atoms with Crippen LogP contribution in [-0.2, 0) is 5.41 Å². The quantitative estimate of drug-likeness (QED) is 0.764. The van der Waals surface area contributed by atoms with Gasteiger partial charge in [0.15, 0.2) is 0 Å². The maximum atomic E-state index is 4.19. The molecule has 2 aromatic rings. The topological polar surface area (TPSA) is 16.1 Å². The van der Waals surface area contributed by atoms with E-state index in [9.17, 15) is 0 Å². The molecule has 96 valence electrons. The molecule has 0 radical (unpaired) electrons. The molecule has 0 N–H and O–H groups in total. The van der Waals surface area contributed by atoms with Crippen molar-refractivity contribution in [3.63, 3.8) is 0 Å². The van der Waals surface area contributed by atoms with Crippen LogP contribution in [0.4, 0.5) is 5.69 Å². The van der Waals surface area contributed by atoms with Crippen molar-refractivity contribution in [3.8, 4) is 0 Å². The van der Waals surface area contributed by atoms with Gasteiger partial charge in [-0.3, -0.25) is 4.98 Å². The molecule has 1 aliphatic rings. The van der Waals surface area contributed by atoms with Crippen molar-refractivity contribution in [2.75, 3.05) is 11.9 Å². The largest absolute Gasteiger partial charge is 0.347 e. The van der Waals surface area contributed by atoms with Crippen molar-refractivity contribution in [1.82, 2.24) is 4.98 Å². The van der Waals surface area contributed by atoms with Gasteiger partial charge in [0.25, 0.3) is 0 Å². The first-order valence-corrected chi connectivity index (χ1v) is 6.56. The Morgan fingerprint density at radius 3 is 2.58 bits per heavy atom. The molecule has 0 saturated carbocycles. The number of allylic oxidation sites excluding steroid dienone is 1. The highest BCUT2D eigenvalue weighted by molar-refractivity contribution is 5.75. The molecule has 1 aliphatic heterocycles. The molecular weight excluding hydrogens is 232 g/mol. The number of hydrogen-bond acceptors (Lipinski definition) is 2. The zero-order chi connectivity index (χ0) is 13.5. The number of likely N-dealkylation sites (N-methyl/N-ethyl adjacent to an activating group) is 1. The summed E-state index contributed by atoms with van der Waals surface area (Å²) in [7, 11) is 2.13. The van der Waals surface area contributed by atoms with Crippen LogP contribution in [0.5, 0.6) is 0 Å². The molecule has 0 spiro atoms. The Kier molecular flexibility index (Phi) is 2.67. The minimum atomic E-state index is 0.0290. The van der Waals surface area contributed by atoms with E-state index < -0.39 is 0 Å². The molecule has 0 amide bonds. The molecule has 0 fully saturated rings. The predicted molar refractivity (Wildman–Crippen MR) is 80.1 cm³/mol. The van der Waals surface area contributed by atoms with Crippen LogP contribution in [0.1, 0.15) is 25.0 Å². The summed E-state index contributed by atoms with van der Waals surface area (Å²) >= 11 is 0. The van der Waals surface area contributed by atoms with E-state index in [0.717, 1.165) is 5.56 Å². The summed E-state index contributed by atoms with van der Waals surface area (Å²) in [6, 6.07) is 12.7. The molecule has 19 heavy (non-hydrogen) atoms. The van der Waals surface area contributed by atoms with Crippen LogP contribution in [0.2, 0.25) is 0 Å². The van der Waals surface area contributed by atoms with E-state index in [1.54, 1.807) is 6.20 Å². The summed E-state index contributed by atoms with van der Waals surface area (Å²) in [5.74, 6) is 0. The smallest absolute Gasteiger partial charge is 0.0447 e. The van der Waals surface area contributed by atoms with Crippen molar-refractivity contribution < 1.29 is 0 Å². The number of pyridine rings is 1. The first-order chi connectivity index (χ1) is 9.10. The van der Waals surface area contributed by atoms with Crippen LogP contribution < -0.4 is 4.90 Å². The minimum Gasteiger partial charge on any atom is -0.347 e. The Balaban J connectivity index is 2.13. The Labute approximate surface area is 114 Å². The Morgan fingerprint density at radius 1 is 1.11 bits per heavy atom. The van der Waals surface area contributed by atoms with Gasteiger partial charge in [-0.15, -0.1) is 0 Å². The van der Waals surface area contributed by atoms with Gasteiger partial charge in [-0.2, -0.15) is 0 Å². The highest BCUT2D eigenvalue weighted by Gasteiger charge is 2.37. The van der Waals surface area contributed by atoms with Crippen molar-refractivity contribution in [2.24, 2.45) is 0 Å². The van der Waals surface area contributed by atoms with E-state index in [2.05, 4.69) is 67.2 Å². The predicted octanol–water partition coefficient (Wildman–Crippen LogP) is 3.85. The summed E-state index contributed by atoms with van der Waals surface area (Å²) in [5.41, 5.74) is 5.16. The summed E-state index contributed by atoms with van der Waals surface area (Å²) < 4.78 is 0. The fourth-order valence-corrected chi connectivity index (χ4v) is 2.88. The molecule has 1 aromatic heterocycles. The fourth-order valence-electron chi connectivity index (χ4n) is 2.88. The molecule has 0 bridgehead atoms. The van der Waals surface area contributed by atoms with E-state index in [1.807, 2.05) is 12.3 Å². The molecule has 0 atom stereocenters. The molecule has 0 aliphatic carbocycles. The standard InChI is InChI=1S/C17H18N2/c1-17(2)14-8-4-5-9-15(14)19(3)16(17)11-13-7-6-10-18-12-13/h4-12H,1-3H3/b16-11+. The van der Waals surface area contributed by atoms with E-state index in [0.29, 0.717) is 0 Å². The van der Waals surface area contributed by atoms with Crippen molar-refractivity contribution >= 4 is 11.8 Å². The number of para-hydroxylation sites is 1. The number of hydrogen-bond donors (Lipinski definition) is 0. The lowest BCUT2D eigenvalue weighted by molar-refractivity contribution is 0.645. The number of nitrogens with zero attached hydrogens (tertiary/aromatic N) is 2. The van der Waals surface area contributed by atoms with Gasteiger partial charge in [0, 0.05) is 36.2 Å². The lowest BCUT2D eigenvalue weighted by atomic mass is 9.83. The Bertz CT molecular complexity index is 627. The third kappa shape index (κ3) is 1.84. The van der Waals surface area contributed by atoms with Gasteiger partial charge in [-0.05, 0) is 29.3 Å². The monoisotopic (exact) mass is 250 g/mol. The van der Waals surface area contributed by atoms with Gasteiger partial charge < -0.3 is 4.90 Å². The second-order valence-corrected chi connectivity index (χ2v) is 5.52. The summed E-state index contributed by atoms with van der Waals surface area (Å²) in [5, 5.41) is 0. The van der Waals surface area contributed by atoms with Crippen molar-refractivity contribution in [3.05, 3.63) is 65.6 Å². The highest BCUT2D eigenvalue weighted by Crippen LogP contribution is 2.47. The summed E-state index contributed by atoms with van der Waals surface area (Å²) in [6.45, 7) is 4.55. The summed E-state index contributed by atoms with van der Waals surface area (Å²) in [6.07, 6.45) is 5.94. The highest BCUT2D eigenvalue weighted by atomic mass is 15.2. The lowest BCUT2D eigenvalue weighted by Gasteiger charge is -2.24. The Morgan fingerprint density at radius 2 is 1.89 bits per heavy atom. The van der Waals surface area contributed by atoms with Crippen LogP contribution >= 0.6 is 0 Å². The average molecular weight is 250 g/mol. The first kappa shape index (κ1) is 12.0. The lowest BCUT2D eigenvalue weighted by Crippen LogP contribution is -2.22. The van der Waals surface area contributed by atoms with Crippen LogP contribution in [0.25, 0.3) is 6.08 Å². The third-order valence-corrected chi connectivity index (χ3v) is 3.93. The van der Waals surface area contributed by atoms with Gasteiger partial charge >= 0.3 is 0 Å². The molecular formula is C17H18N2. The van der Waals surface area contributed by atoms with Gasteiger partial charge in [0.05, 0.1) is 0 Å². The van der Waals surface area contributed by atoms with E-state index in [4.69, 9.17) is 0 Å². The van der Waals surface area contributed by atoms with Gasteiger partial charge in [0.2, 0.25) is 0 Å². The molecule has 2 heteroatoms. The van der Waals surface area contributed by atoms with E-state index in [1.165, 1.54) is 16.9 Å². The van der Waals surface area contributed by atoms with Gasteiger partial charge in [-0.1, -0.05) is 38.1 Å². The van der Waals surface area contributed by atoms with Gasteiger partial charge in [-0.25, -0.2) is 0 Å². The SMILES string of the molecule is CN1/C(=C/c2cccnc2)C(C)(C)c2ccccc21. The molecule has 1 aromatic carbocycles. The molecule has 2 nitrogen and oxygen atoms in total. The minimum absolute atomic E-state index is 0.0290. The second kappa shape index (κ2) is 4.23. The number of benzene rings is 1. The van der Waals surface area contributed by atoms with Crippen LogP contribution in [0.3, 0.4) is 0 Å². The molecule has 0 unspecified atom stereocenters. The normalized spacial score (nSPS) is 18.7. The number of anilines is 1. The maximum absolute atomic E-state index is 4.19. The zero-order valence-electron chi connectivity index (χ0n) is 11.6. The average Bonchev–Trinajstić information content (AvgIpc) is 2.62. The van der Waals surface area contributed by atoms with Crippen molar-refractivity contribution in [1.29, 1.82) is 0 Å². The number of rotatable bonds is 1. The molecule has 0 saturated heterocycles. The number of aromatic nitrogens is 1. The van der Waals surface area contributed by atoms with Crippen LogP contribution in [0.15, 0.2) is 54.5 Å². The third-order valence-electron chi connectivity index (χ3n) is 3.93.